The molecule has 0 bridgehead atoms. The zero-order valence-corrected chi connectivity index (χ0v) is 9.56. The highest BCUT2D eigenvalue weighted by Gasteiger charge is 2.15. The van der Waals surface area contributed by atoms with Gasteiger partial charge in [-0.05, 0) is 12.1 Å². The maximum atomic E-state index is 13.6. The van der Waals surface area contributed by atoms with Crippen LogP contribution in [0.25, 0.3) is 16.8 Å². The van der Waals surface area contributed by atoms with Crippen LogP contribution < -0.4 is 0 Å². The van der Waals surface area contributed by atoms with E-state index in [4.69, 9.17) is 11.6 Å². The summed E-state index contributed by atoms with van der Waals surface area (Å²) in [5.41, 5.74) is 1.65. The smallest absolute Gasteiger partial charge is 0.241 e. The van der Waals surface area contributed by atoms with Crippen molar-refractivity contribution in [3.63, 3.8) is 0 Å². The average molecular weight is 252 g/mol. The van der Waals surface area contributed by atoms with Crippen LogP contribution >= 0.6 is 11.6 Å². The Morgan fingerprint density at radius 3 is 2.94 bits per heavy atom. The fraction of sp³-hybridized carbons (Fsp3) is 0.100. The van der Waals surface area contributed by atoms with Gasteiger partial charge in [-0.25, -0.2) is 9.50 Å². The Balaban J connectivity index is 2.42. The van der Waals surface area contributed by atoms with Crippen LogP contribution in [0.4, 0.5) is 4.39 Å². The molecule has 3 rings (SSSR count). The Morgan fingerprint density at radius 1 is 1.41 bits per heavy atom. The van der Waals surface area contributed by atoms with Crippen molar-refractivity contribution in [2.24, 2.45) is 7.05 Å². The second-order valence-electron chi connectivity index (χ2n) is 3.55. The Labute approximate surface area is 100 Å². The van der Waals surface area contributed by atoms with Gasteiger partial charge in [0.2, 0.25) is 5.95 Å². The van der Waals surface area contributed by atoms with Gasteiger partial charge in [0.25, 0.3) is 0 Å². The van der Waals surface area contributed by atoms with E-state index >= 15 is 0 Å². The molecule has 0 saturated carbocycles. The summed E-state index contributed by atoms with van der Waals surface area (Å²) in [6.07, 6.45) is 2.92. The van der Waals surface area contributed by atoms with E-state index < -0.39 is 5.95 Å². The van der Waals surface area contributed by atoms with Crippen LogP contribution in [0.5, 0.6) is 0 Å². The van der Waals surface area contributed by atoms with E-state index in [9.17, 15) is 4.39 Å². The van der Waals surface area contributed by atoms with Crippen molar-refractivity contribution in [1.82, 2.24) is 24.4 Å². The molecular formula is C10H7ClFN5. The first-order valence-corrected chi connectivity index (χ1v) is 5.22. The van der Waals surface area contributed by atoms with E-state index in [0.717, 1.165) is 5.69 Å². The van der Waals surface area contributed by atoms with Gasteiger partial charge in [-0.3, -0.25) is 4.68 Å². The Kier molecular flexibility index (Phi) is 2.12. The van der Waals surface area contributed by atoms with Gasteiger partial charge < -0.3 is 0 Å². The normalized spacial score (nSPS) is 11.2. The summed E-state index contributed by atoms with van der Waals surface area (Å²) < 4.78 is 16.6. The van der Waals surface area contributed by atoms with E-state index in [0.29, 0.717) is 5.56 Å². The van der Waals surface area contributed by atoms with Crippen molar-refractivity contribution in [1.29, 1.82) is 0 Å². The molecule has 17 heavy (non-hydrogen) atoms. The summed E-state index contributed by atoms with van der Waals surface area (Å²) >= 11 is 5.89. The van der Waals surface area contributed by atoms with Crippen LogP contribution in [-0.2, 0) is 7.05 Å². The third-order valence-electron chi connectivity index (χ3n) is 2.52. The highest BCUT2D eigenvalue weighted by molar-refractivity contribution is 6.29. The van der Waals surface area contributed by atoms with Gasteiger partial charge in [-0.2, -0.15) is 14.6 Å². The van der Waals surface area contributed by atoms with Crippen LogP contribution in [0.3, 0.4) is 0 Å². The number of aromatic nitrogens is 5. The van der Waals surface area contributed by atoms with Gasteiger partial charge in [0.05, 0.1) is 5.69 Å². The van der Waals surface area contributed by atoms with Gasteiger partial charge >= 0.3 is 0 Å². The zero-order valence-electron chi connectivity index (χ0n) is 8.80. The van der Waals surface area contributed by atoms with E-state index in [1.165, 1.54) is 10.8 Å². The number of hydrogen-bond donors (Lipinski definition) is 0. The molecule has 3 aromatic heterocycles. The van der Waals surface area contributed by atoms with Crippen molar-refractivity contribution >= 4 is 17.1 Å². The van der Waals surface area contributed by atoms with Crippen molar-refractivity contribution in [2.75, 3.05) is 0 Å². The van der Waals surface area contributed by atoms with Crippen molar-refractivity contribution < 1.29 is 4.39 Å². The number of fused-ring (bicyclic) bond motifs is 1. The molecule has 0 amide bonds. The topological polar surface area (TPSA) is 48.0 Å². The van der Waals surface area contributed by atoms with Crippen molar-refractivity contribution in [3.05, 3.63) is 35.8 Å². The summed E-state index contributed by atoms with van der Waals surface area (Å²) in [7, 11) is 1.77. The summed E-state index contributed by atoms with van der Waals surface area (Å²) in [5.74, 6) is -0.578. The minimum absolute atomic E-state index is 0.270. The number of hydrogen-bond acceptors (Lipinski definition) is 3. The third-order valence-corrected chi connectivity index (χ3v) is 2.71. The SMILES string of the molecule is Cn1nccc1-c1cc(Cl)nn2cnc(F)c12. The molecular weight excluding hydrogens is 245 g/mol. The first-order chi connectivity index (χ1) is 8.16. The lowest BCUT2D eigenvalue weighted by atomic mass is 10.2. The summed E-state index contributed by atoms with van der Waals surface area (Å²) in [4.78, 5) is 3.58. The van der Waals surface area contributed by atoms with Gasteiger partial charge in [-0.15, -0.1) is 0 Å². The minimum atomic E-state index is -0.578. The Morgan fingerprint density at radius 2 is 2.24 bits per heavy atom. The standard InChI is InChI=1S/C10H7ClFN5/c1-16-7(2-3-14-16)6-4-8(11)15-17-5-13-10(12)9(6)17/h2-5H,1H3. The summed E-state index contributed by atoms with van der Waals surface area (Å²) in [6.45, 7) is 0. The van der Waals surface area contributed by atoms with E-state index in [1.807, 2.05) is 0 Å². The van der Waals surface area contributed by atoms with Crippen LogP contribution in [0.1, 0.15) is 0 Å². The number of nitrogens with zero attached hydrogens (tertiary/aromatic N) is 5. The Bertz CT molecular complexity index is 702. The molecule has 0 aliphatic heterocycles. The molecule has 0 saturated heterocycles. The zero-order chi connectivity index (χ0) is 12.0. The molecule has 0 aliphatic carbocycles. The molecule has 0 atom stereocenters. The lowest BCUT2D eigenvalue weighted by molar-refractivity contribution is 0.601. The molecule has 0 radical (unpaired) electrons. The minimum Gasteiger partial charge on any atom is -0.268 e. The summed E-state index contributed by atoms with van der Waals surface area (Å²) in [6, 6.07) is 3.37. The molecule has 3 heterocycles. The number of halogens is 2. The lowest BCUT2D eigenvalue weighted by Crippen LogP contribution is -1.98. The van der Waals surface area contributed by atoms with Gasteiger partial charge in [0.1, 0.15) is 11.8 Å². The largest absolute Gasteiger partial charge is 0.268 e. The number of rotatable bonds is 1. The third kappa shape index (κ3) is 1.49. The quantitative estimate of drug-likeness (QED) is 0.664. The molecule has 0 unspecified atom stereocenters. The average Bonchev–Trinajstić information content (AvgIpc) is 2.85. The van der Waals surface area contributed by atoms with E-state index in [2.05, 4.69) is 15.2 Å². The molecule has 0 spiro atoms. The highest BCUT2D eigenvalue weighted by Crippen LogP contribution is 2.27. The number of imidazole rings is 1. The Hall–Kier alpha value is -1.95. The predicted octanol–water partition coefficient (Wildman–Crippen LogP) is 1.92. The van der Waals surface area contributed by atoms with Gasteiger partial charge in [-0.1, -0.05) is 11.6 Å². The van der Waals surface area contributed by atoms with Crippen molar-refractivity contribution in [3.8, 4) is 11.3 Å². The maximum absolute atomic E-state index is 13.6. The number of aryl methyl sites for hydroxylation is 1. The highest BCUT2D eigenvalue weighted by atomic mass is 35.5. The molecule has 0 aliphatic rings. The lowest BCUT2D eigenvalue weighted by Gasteiger charge is -2.05. The molecule has 7 heteroatoms. The first kappa shape index (κ1) is 10.2. The van der Waals surface area contributed by atoms with Crippen LogP contribution in [0.2, 0.25) is 5.15 Å². The van der Waals surface area contributed by atoms with Crippen LogP contribution in [0.15, 0.2) is 24.7 Å². The summed E-state index contributed by atoms with van der Waals surface area (Å²) in [5, 5.41) is 8.26. The first-order valence-electron chi connectivity index (χ1n) is 4.84. The van der Waals surface area contributed by atoms with Gasteiger partial charge in [0, 0.05) is 18.8 Å². The monoisotopic (exact) mass is 251 g/mol. The van der Waals surface area contributed by atoms with E-state index in [1.54, 1.807) is 30.1 Å². The van der Waals surface area contributed by atoms with Crippen LogP contribution in [0, 0.1) is 5.95 Å². The second kappa shape index (κ2) is 3.53. The fourth-order valence-corrected chi connectivity index (χ4v) is 1.97. The predicted molar refractivity (Wildman–Crippen MR) is 60.2 cm³/mol. The second-order valence-corrected chi connectivity index (χ2v) is 3.94. The maximum Gasteiger partial charge on any atom is 0.241 e. The fourth-order valence-electron chi connectivity index (χ4n) is 1.78. The van der Waals surface area contributed by atoms with Crippen LogP contribution in [-0.4, -0.2) is 24.4 Å². The molecule has 3 aromatic rings. The molecule has 86 valence electrons. The van der Waals surface area contributed by atoms with E-state index in [-0.39, 0.29) is 10.7 Å². The van der Waals surface area contributed by atoms with Crippen molar-refractivity contribution in [2.45, 2.75) is 0 Å². The molecule has 0 N–H and O–H groups in total. The van der Waals surface area contributed by atoms with Gasteiger partial charge in [0.15, 0.2) is 5.15 Å². The molecule has 0 aromatic carbocycles. The molecule has 5 nitrogen and oxygen atoms in total. The molecule has 0 fully saturated rings.